The number of hydrogen-bond acceptors (Lipinski definition) is 8. The molecule has 2 aliphatic rings. The highest BCUT2D eigenvalue weighted by Gasteiger charge is 2.36. The van der Waals surface area contributed by atoms with E-state index >= 15 is 0 Å². The molecule has 0 aliphatic carbocycles. The van der Waals surface area contributed by atoms with Crippen LogP contribution in [0, 0.1) is 0 Å². The first-order chi connectivity index (χ1) is 21.8. The predicted octanol–water partition coefficient (Wildman–Crippen LogP) is 4.67. The van der Waals surface area contributed by atoms with Gasteiger partial charge < -0.3 is 36.0 Å². The summed E-state index contributed by atoms with van der Waals surface area (Å²) in [7, 11) is 2.87. The Morgan fingerprint density at radius 1 is 0.913 bits per heavy atom. The van der Waals surface area contributed by atoms with Crippen LogP contribution in [0.3, 0.4) is 0 Å². The molecular formula is C30H36F6N7O3-. The first kappa shape index (κ1) is 36.5. The zero-order chi connectivity index (χ0) is 33.7. The van der Waals surface area contributed by atoms with E-state index in [1.807, 2.05) is 17.0 Å². The number of nitrogens with zero attached hydrogens (tertiary/aromatic N) is 4. The van der Waals surface area contributed by atoms with E-state index in [1.54, 1.807) is 19.2 Å². The molecule has 46 heavy (non-hydrogen) atoms. The molecular weight excluding hydrogens is 620 g/mol. The number of carboxylic acids is 1. The van der Waals surface area contributed by atoms with Crippen LogP contribution in [-0.4, -0.2) is 87.6 Å². The van der Waals surface area contributed by atoms with Crippen molar-refractivity contribution in [2.45, 2.75) is 18.9 Å². The Hall–Kier alpha value is -3.99. The maximum atomic E-state index is 12.4. The first-order valence-electron chi connectivity index (χ1n) is 14.3. The quantitative estimate of drug-likeness (QED) is 0.280. The van der Waals surface area contributed by atoms with Gasteiger partial charge in [0.25, 0.3) is 0 Å². The fourth-order valence-corrected chi connectivity index (χ4v) is 4.49. The second-order valence-corrected chi connectivity index (χ2v) is 10.1. The van der Waals surface area contributed by atoms with Crippen molar-refractivity contribution in [3.05, 3.63) is 76.2 Å². The molecule has 0 amide bonds. The minimum Gasteiger partial charge on any atom is -0.661 e. The van der Waals surface area contributed by atoms with Crippen molar-refractivity contribution in [1.82, 2.24) is 25.9 Å². The highest BCUT2D eigenvalue weighted by Crippen LogP contribution is 2.36. The van der Waals surface area contributed by atoms with Gasteiger partial charge in [0.2, 0.25) is 5.95 Å². The number of anilines is 1. The number of methoxy groups -OCH3 is 1. The van der Waals surface area contributed by atoms with Crippen LogP contribution in [0.25, 0.3) is 16.6 Å². The molecule has 2 fully saturated rings. The van der Waals surface area contributed by atoms with E-state index in [2.05, 4.69) is 31.2 Å². The molecule has 0 radical (unpaired) electrons. The van der Waals surface area contributed by atoms with Crippen LogP contribution in [-0.2, 0) is 18.9 Å². The number of halogens is 6. The Kier molecular flexibility index (Phi) is 13.5. The van der Waals surface area contributed by atoms with E-state index in [4.69, 9.17) is 4.74 Å². The van der Waals surface area contributed by atoms with Gasteiger partial charge in [0.1, 0.15) is 11.3 Å². The topological polar surface area (TPSA) is 126 Å². The molecule has 0 saturated carbocycles. The van der Waals surface area contributed by atoms with E-state index in [0.717, 1.165) is 52.4 Å². The van der Waals surface area contributed by atoms with Crippen LogP contribution >= 0.6 is 0 Å². The van der Waals surface area contributed by atoms with Crippen molar-refractivity contribution in [2.24, 2.45) is 0 Å². The Bertz CT molecular complexity index is 1370. The van der Waals surface area contributed by atoms with Gasteiger partial charge in [0.05, 0.1) is 23.9 Å². The van der Waals surface area contributed by atoms with E-state index in [-0.39, 0.29) is 23.7 Å². The third-order valence-electron chi connectivity index (χ3n) is 6.71. The van der Waals surface area contributed by atoms with Crippen LogP contribution in [0.15, 0.2) is 48.7 Å². The van der Waals surface area contributed by atoms with Crippen molar-refractivity contribution >= 4 is 11.9 Å². The maximum absolute atomic E-state index is 12.4. The number of ether oxygens (including phenoxy) is 1. The average molecular weight is 657 g/mol. The number of piperazine rings is 2. The summed E-state index contributed by atoms with van der Waals surface area (Å²) < 4.78 is 79.6. The number of aromatic carboxylic acids is 1. The number of para-hydroxylation sites is 1. The van der Waals surface area contributed by atoms with Gasteiger partial charge >= 0.3 is 18.3 Å². The predicted molar refractivity (Wildman–Crippen MR) is 161 cm³/mol. The molecule has 4 N–H and O–H groups in total. The second-order valence-electron chi connectivity index (χ2n) is 10.1. The Balaban J connectivity index is 0.000000219. The summed E-state index contributed by atoms with van der Waals surface area (Å²) in [6.07, 6.45) is -8.23. The van der Waals surface area contributed by atoms with Gasteiger partial charge in [-0.2, -0.15) is 33.4 Å². The van der Waals surface area contributed by atoms with Crippen LogP contribution in [0.5, 0.6) is 5.75 Å². The fraction of sp³-hybridized carbons (Fsp3) is 0.433. The van der Waals surface area contributed by atoms with Gasteiger partial charge in [-0.15, -0.1) is 6.54 Å². The molecule has 1 aromatic heterocycles. The van der Waals surface area contributed by atoms with Crippen LogP contribution in [0.1, 0.15) is 27.0 Å². The summed E-state index contributed by atoms with van der Waals surface area (Å²) in [5, 5.41) is 22.7. The molecule has 10 nitrogen and oxygen atoms in total. The first-order valence-corrected chi connectivity index (χ1v) is 14.3. The number of carbonyl (C=O) groups is 1. The summed E-state index contributed by atoms with van der Waals surface area (Å²) >= 11 is 0. The minimum atomic E-state index is -4.80. The lowest BCUT2D eigenvalue weighted by Crippen LogP contribution is -2.44. The number of alkyl halides is 6. The number of nitrogens with one attached hydrogen (secondary N) is 3. The third kappa shape index (κ3) is 10.8. The zero-order valence-corrected chi connectivity index (χ0v) is 25.3. The highest BCUT2D eigenvalue weighted by atomic mass is 19.4. The number of carboxylic acid groups (broad SMARTS) is 1. The summed E-state index contributed by atoms with van der Waals surface area (Å²) in [6.45, 7) is 7.66. The second kappa shape index (κ2) is 17.1. The van der Waals surface area contributed by atoms with Crippen LogP contribution in [0.4, 0.5) is 32.3 Å². The molecule has 3 heterocycles. The molecule has 2 saturated heterocycles. The molecule has 0 spiro atoms. The third-order valence-corrected chi connectivity index (χ3v) is 6.71. The number of benzene rings is 2. The number of aromatic nitrogens is 2. The smallest absolute Gasteiger partial charge is 0.416 e. The van der Waals surface area contributed by atoms with Crippen molar-refractivity contribution in [3.63, 3.8) is 0 Å². The Labute approximate surface area is 262 Å². The Morgan fingerprint density at radius 2 is 1.46 bits per heavy atom. The average Bonchev–Trinajstić information content (AvgIpc) is 3.05. The summed E-state index contributed by atoms with van der Waals surface area (Å²) in [5.41, 5.74) is -1.66. The lowest BCUT2D eigenvalue weighted by atomic mass is 10.0. The van der Waals surface area contributed by atoms with E-state index < -0.39 is 29.4 Å². The molecule has 2 aromatic carbocycles. The van der Waals surface area contributed by atoms with Gasteiger partial charge in [-0.1, -0.05) is 17.7 Å². The van der Waals surface area contributed by atoms with Crippen LogP contribution < -0.4 is 25.6 Å². The van der Waals surface area contributed by atoms with Crippen molar-refractivity contribution < 1.29 is 41.0 Å². The van der Waals surface area contributed by atoms with Gasteiger partial charge in [0.15, 0.2) is 0 Å². The molecule has 2 aliphatic heterocycles. The van der Waals surface area contributed by atoms with Gasteiger partial charge in [-0.25, -0.2) is 14.8 Å². The SMILES string of the molecule is C1CNCCN1.COc1ccccc1-c1nc(N2CCNCC2)ncc1C(=O)O.C[N-]Cc1cc(C(F)(F)F)cc(C(F)(F)F)c1. The molecule has 0 bridgehead atoms. The number of rotatable bonds is 6. The Morgan fingerprint density at radius 3 is 1.93 bits per heavy atom. The van der Waals surface area contributed by atoms with Gasteiger partial charge in [0, 0.05) is 64.1 Å². The standard InChI is InChI=1S/C16H18N4O3.C10H8F6N.C4H10N2/c1-23-13-5-3-2-4-11(13)14-12(15(21)22)10-18-16(19-14)20-8-6-17-7-9-20;1-17-5-6-2-7(9(11,12)13)4-8(3-6)10(14,15)16;1-2-6-4-3-5-1/h2-5,10,17H,6-9H2,1H3,(H,21,22);2-4H,5H2,1H3;5-6H,1-4H2/q;-1;. The lowest BCUT2D eigenvalue weighted by molar-refractivity contribution is -0.143. The summed E-state index contributed by atoms with van der Waals surface area (Å²) in [4.78, 5) is 22.3. The van der Waals surface area contributed by atoms with Crippen LogP contribution in [0.2, 0.25) is 0 Å². The minimum absolute atomic E-state index is 0.0633. The summed E-state index contributed by atoms with van der Waals surface area (Å²) in [6, 6.07) is 8.68. The van der Waals surface area contributed by atoms with Gasteiger partial charge in [-0.3, -0.25) is 0 Å². The van der Waals surface area contributed by atoms with Crippen molar-refractivity contribution in [2.75, 3.05) is 71.4 Å². The molecule has 16 heteroatoms. The fourth-order valence-electron chi connectivity index (χ4n) is 4.49. The van der Waals surface area contributed by atoms with Crippen molar-refractivity contribution in [1.29, 1.82) is 0 Å². The molecule has 5 rings (SSSR count). The largest absolute Gasteiger partial charge is 0.661 e. The number of hydrogen-bond donors (Lipinski definition) is 4. The highest BCUT2D eigenvalue weighted by molar-refractivity contribution is 5.95. The monoisotopic (exact) mass is 656 g/mol. The molecule has 252 valence electrons. The molecule has 0 atom stereocenters. The van der Waals surface area contributed by atoms with Crippen molar-refractivity contribution in [3.8, 4) is 17.0 Å². The van der Waals surface area contributed by atoms with E-state index in [0.29, 0.717) is 35.1 Å². The maximum Gasteiger partial charge on any atom is 0.416 e. The zero-order valence-electron chi connectivity index (χ0n) is 25.3. The van der Waals surface area contributed by atoms with E-state index in [9.17, 15) is 36.2 Å². The normalized spacial score (nSPS) is 15.2. The molecule has 0 unspecified atom stereocenters. The molecule has 3 aromatic rings. The lowest BCUT2D eigenvalue weighted by Gasteiger charge is -2.27. The van der Waals surface area contributed by atoms with Gasteiger partial charge in [-0.05, 0) is 30.3 Å². The van der Waals surface area contributed by atoms with E-state index in [1.165, 1.54) is 13.2 Å². The summed E-state index contributed by atoms with van der Waals surface area (Å²) in [5.74, 6) is 0.0649.